The van der Waals surface area contributed by atoms with E-state index < -0.39 is 5.60 Å². The topological polar surface area (TPSA) is 39.2 Å². The molecule has 0 spiro atoms. The number of fused-ring (bicyclic) bond motifs is 1. The Morgan fingerprint density at radius 2 is 1.90 bits per heavy atom. The van der Waals surface area contributed by atoms with E-state index in [1.165, 1.54) is 0 Å². The fraction of sp³-hybridized carbons (Fsp3) is 0.444. The Kier molecular flexibility index (Phi) is 3.14. The molecule has 0 N–H and O–H groups in total. The van der Waals surface area contributed by atoms with E-state index in [-0.39, 0.29) is 17.3 Å². The molecule has 3 rings (SSSR count). The monoisotopic (exact) mass is 283 g/mol. The van der Waals surface area contributed by atoms with Gasteiger partial charge in [-0.3, -0.25) is 9.78 Å². The molecule has 21 heavy (non-hydrogen) atoms. The van der Waals surface area contributed by atoms with Gasteiger partial charge in [0.15, 0.2) is 5.78 Å². The standard InChI is InChI=1S/C18H21NO2/c1-17(2)11-14(18(3,4)21-17)16(20)13-9-10-19-15-8-6-5-7-12(13)15/h5-10,14H,11H2,1-4H3. The molecule has 1 unspecified atom stereocenters. The van der Waals surface area contributed by atoms with Crippen LogP contribution in [-0.2, 0) is 4.74 Å². The van der Waals surface area contributed by atoms with E-state index in [4.69, 9.17) is 4.74 Å². The summed E-state index contributed by atoms with van der Waals surface area (Å²) in [5, 5.41) is 0.922. The van der Waals surface area contributed by atoms with Crippen LogP contribution in [0.3, 0.4) is 0 Å². The van der Waals surface area contributed by atoms with Crippen molar-refractivity contribution in [2.24, 2.45) is 5.92 Å². The van der Waals surface area contributed by atoms with Gasteiger partial charge in [-0.05, 0) is 46.2 Å². The zero-order valence-corrected chi connectivity index (χ0v) is 13.0. The van der Waals surface area contributed by atoms with Gasteiger partial charge >= 0.3 is 0 Å². The molecule has 2 aromatic rings. The van der Waals surface area contributed by atoms with Gasteiger partial charge in [-0.25, -0.2) is 0 Å². The number of pyridine rings is 1. The fourth-order valence-corrected chi connectivity index (χ4v) is 3.47. The first-order chi connectivity index (χ1) is 9.80. The van der Waals surface area contributed by atoms with Crippen LogP contribution in [0.2, 0.25) is 0 Å². The molecule has 1 fully saturated rings. The maximum atomic E-state index is 13.1. The van der Waals surface area contributed by atoms with Crippen molar-refractivity contribution in [3.63, 3.8) is 0 Å². The van der Waals surface area contributed by atoms with Gasteiger partial charge in [0, 0.05) is 17.1 Å². The number of nitrogens with zero attached hydrogens (tertiary/aromatic N) is 1. The molecule has 1 aromatic carbocycles. The van der Waals surface area contributed by atoms with Crippen molar-refractivity contribution in [1.29, 1.82) is 0 Å². The normalized spacial score (nSPS) is 23.3. The van der Waals surface area contributed by atoms with Crippen LogP contribution in [0.1, 0.15) is 44.5 Å². The lowest BCUT2D eigenvalue weighted by Gasteiger charge is -2.26. The third-order valence-corrected chi connectivity index (χ3v) is 4.31. The van der Waals surface area contributed by atoms with Crippen LogP contribution in [-0.4, -0.2) is 22.0 Å². The summed E-state index contributed by atoms with van der Waals surface area (Å²) in [6, 6.07) is 9.61. The number of benzene rings is 1. The molecule has 0 radical (unpaired) electrons. The molecule has 1 aromatic heterocycles. The van der Waals surface area contributed by atoms with Gasteiger partial charge < -0.3 is 4.74 Å². The van der Waals surface area contributed by atoms with E-state index in [1.807, 2.05) is 58.0 Å². The molecule has 1 aliphatic heterocycles. The van der Waals surface area contributed by atoms with Crippen LogP contribution in [0.5, 0.6) is 0 Å². The maximum Gasteiger partial charge on any atom is 0.169 e. The molecule has 0 aliphatic carbocycles. The van der Waals surface area contributed by atoms with Crippen molar-refractivity contribution in [2.45, 2.75) is 45.3 Å². The Labute approximate surface area is 125 Å². The second-order valence-electron chi connectivity index (χ2n) is 6.96. The minimum Gasteiger partial charge on any atom is -0.369 e. The van der Waals surface area contributed by atoms with Gasteiger partial charge in [-0.1, -0.05) is 18.2 Å². The lowest BCUT2D eigenvalue weighted by atomic mass is 9.81. The van der Waals surface area contributed by atoms with Crippen molar-refractivity contribution in [1.82, 2.24) is 4.98 Å². The average molecular weight is 283 g/mol. The summed E-state index contributed by atoms with van der Waals surface area (Å²) in [6.07, 6.45) is 2.46. The van der Waals surface area contributed by atoms with E-state index in [1.54, 1.807) is 6.20 Å². The zero-order chi connectivity index (χ0) is 15.3. The summed E-state index contributed by atoms with van der Waals surface area (Å²) in [4.78, 5) is 17.4. The predicted molar refractivity (Wildman–Crippen MR) is 83.4 cm³/mol. The van der Waals surface area contributed by atoms with E-state index in [0.29, 0.717) is 0 Å². The smallest absolute Gasteiger partial charge is 0.169 e. The van der Waals surface area contributed by atoms with Gasteiger partial charge in [0.2, 0.25) is 0 Å². The molecule has 2 heterocycles. The summed E-state index contributed by atoms with van der Waals surface area (Å²) in [5.41, 5.74) is 0.914. The third kappa shape index (κ3) is 2.46. The van der Waals surface area contributed by atoms with Crippen molar-refractivity contribution in [3.8, 4) is 0 Å². The lowest BCUT2D eigenvalue weighted by Crippen LogP contribution is -2.34. The maximum absolute atomic E-state index is 13.1. The Hall–Kier alpha value is -1.74. The van der Waals surface area contributed by atoms with E-state index in [9.17, 15) is 4.79 Å². The third-order valence-electron chi connectivity index (χ3n) is 4.31. The molecular formula is C18H21NO2. The van der Waals surface area contributed by atoms with Gasteiger partial charge in [-0.2, -0.15) is 0 Å². The second-order valence-corrected chi connectivity index (χ2v) is 6.96. The van der Waals surface area contributed by atoms with Gasteiger partial charge in [0.25, 0.3) is 0 Å². The minimum absolute atomic E-state index is 0.127. The highest BCUT2D eigenvalue weighted by atomic mass is 16.5. The molecule has 1 aliphatic rings. The number of rotatable bonds is 2. The first-order valence-electron chi connectivity index (χ1n) is 7.38. The summed E-state index contributed by atoms with van der Waals surface area (Å²) in [6.45, 7) is 8.11. The highest BCUT2D eigenvalue weighted by Gasteiger charge is 2.49. The zero-order valence-electron chi connectivity index (χ0n) is 13.0. The number of aromatic nitrogens is 1. The SMILES string of the molecule is CC1(C)CC(C(=O)c2ccnc3ccccc23)C(C)(C)O1. The average Bonchev–Trinajstić information content (AvgIpc) is 2.65. The van der Waals surface area contributed by atoms with E-state index in [0.717, 1.165) is 22.9 Å². The molecule has 3 nitrogen and oxygen atoms in total. The van der Waals surface area contributed by atoms with Gasteiger partial charge in [-0.15, -0.1) is 0 Å². The number of ketones is 1. The number of ether oxygens (including phenoxy) is 1. The van der Waals surface area contributed by atoms with Crippen molar-refractivity contribution in [3.05, 3.63) is 42.1 Å². The number of carbonyl (C=O) groups excluding carboxylic acids is 1. The molecule has 3 heteroatoms. The highest BCUT2D eigenvalue weighted by Crippen LogP contribution is 2.43. The van der Waals surface area contributed by atoms with E-state index in [2.05, 4.69) is 4.98 Å². The van der Waals surface area contributed by atoms with Gasteiger partial charge in [0.1, 0.15) is 0 Å². The van der Waals surface area contributed by atoms with Crippen LogP contribution in [0.25, 0.3) is 10.9 Å². The molecule has 0 bridgehead atoms. The van der Waals surface area contributed by atoms with Crippen LogP contribution < -0.4 is 0 Å². The number of para-hydroxylation sites is 1. The quantitative estimate of drug-likeness (QED) is 0.782. The summed E-state index contributed by atoms with van der Waals surface area (Å²) in [5.74, 6) is 0.0301. The number of hydrogen-bond acceptors (Lipinski definition) is 3. The molecule has 1 atom stereocenters. The number of hydrogen-bond donors (Lipinski definition) is 0. The minimum atomic E-state index is -0.440. The Morgan fingerprint density at radius 1 is 1.19 bits per heavy atom. The molecule has 0 amide bonds. The van der Waals surface area contributed by atoms with Crippen molar-refractivity contribution >= 4 is 16.7 Å². The predicted octanol–water partition coefficient (Wildman–Crippen LogP) is 4.01. The number of carbonyl (C=O) groups is 1. The summed E-state index contributed by atoms with van der Waals surface area (Å²) >= 11 is 0. The lowest BCUT2D eigenvalue weighted by molar-refractivity contribution is -0.0712. The van der Waals surface area contributed by atoms with Crippen LogP contribution in [0.4, 0.5) is 0 Å². The Balaban J connectivity index is 2.06. The van der Waals surface area contributed by atoms with Crippen molar-refractivity contribution in [2.75, 3.05) is 0 Å². The molecule has 110 valence electrons. The van der Waals surface area contributed by atoms with Gasteiger partial charge in [0.05, 0.1) is 22.6 Å². The molecule has 1 saturated heterocycles. The van der Waals surface area contributed by atoms with Crippen LogP contribution in [0, 0.1) is 5.92 Å². The van der Waals surface area contributed by atoms with Crippen LogP contribution >= 0.6 is 0 Å². The Bertz CT molecular complexity index is 698. The molecule has 0 saturated carbocycles. The van der Waals surface area contributed by atoms with Crippen LogP contribution in [0.15, 0.2) is 36.5 Å². The molecular weight excluding hydrogens is 262 g/mol. The van der Waals surface area contributed by atoms with E-state index >= 15 is 0 Å². The highest BCUT2D eigenvalue weighted by molar-refractivity contribution is 6.08. The summed E-state index contributed by atoms with van der Waals surface area (Å²) < 4.78 is 6.07. The first kappa shape index (κ1) is 14.2. The Morgan fingerprint density at radius 3 is 2.57 bits per heavy atom. The largest absolute Gasteiger partial charge is 0.369 e. The second kappa shape index (κ2) is 4.63. The number of Topliss-reactive ketones (excluding diaryl/α,β-unsaturated/α-hetero) is 1. The van der Waals surface area contributed by atoms with Crippen molar-refractivity contribution < 1.29 is 9.53 Å². The summed E-state index contributed by atoms with van der Waals surface area (Å²) in [7, 11) is 0. The first-order valence-corrected chi connectivity index (χ1v) is 7.38. The fourth-order valence-electron chi connectivity index (χ4n) is 3.47.